The Bertz CT molecular complexity index is 455. The monoisotopic (exact) mass is 249 g/mol. The molecule has 1 amide bonds. The Balaban J connectivity index is 2.09. The quantitative estimate of drug-likeness (QED) is 0.818. The van der Waals surface area contributed by atoms with E-state index < -0.39 is 18.1 Å². The average molecular weight is 249 g/mol. The van der Waals surface area contributed by atoms with Crippen LogP contribution in [0, 0.1) is 6.92 Å². The Morgan fingerprint density at radius 3 is 2.72 bits per heavy atom. The van der Waals surface area contributed by atoms with Crippen molar-refractivity contribution in [3.63, 3.8) is 0 Å². The molecular formula is C13H15NO4. The van der Waals surface area contributed by atoms with Crippen LogP contribution in [0.3, 0.4) is 0 Å². The van der Waals surface area contributed by atoms with Gasteiger partial charge in [-0.05, 0) is 12.5 Å². The summed E-state index contributed by atoms with van der Waals surface area (Å²) in [5, 5.41) is 11.5. The maximum Gasteiger partial charge on any atom is 0.328 e. The number of carboxylic acids is 1. The van der Waals surface area contributed by atoms with Crippen molar-refractivity contribution in [1.29, 1.82) is 0 Å². The predicted octanol–water partition coefficient (Wildman–Crippen LogP) is 0.506. The fourth-order valence-electron chi connectivity index (χ4n) is 1.94. The molecular weight excluding hydrogens is 234 g/mol. The highest BCUT2D eigenvalue weighted by atomic mass is 16.5. The molecule has 2 atom stereocenters. The largest absolute Gasteiger partial charge is 0.480 e. The van der Waals surface area contributed by atoms with Gasteiger partial charge in [0.25, 0.3) is 0 Å². The van der Waals surface area contributed by atoms with Crippen LogP contribution in [-0.2, 0) is 20.7 Å². The van der Waals surface area contributed by atoms with Gasteiger partial charge in [0.2, 0.25) is 5.91 Å². The van der Waals surface area contributed by atoms with Gasteiger partial charge >= 0.3 is 5.97 Å². The standard InChI is InChI=1S/C13H15NO4/c1-8-2-4-9(5-3-8)6-10-12(13(16)17)14-11(15)7-18-10/h2-5,10,12H,6-7H2,1H3,(H,14,15)(H,16,17). The Morgan fingerprint density at radius 2 is 2.11 bits per heavy atom. The third kappa shape index (κ3) is 2.87. The fraction of sp³-hybridized carbons (Fsp3) is 0.385. The van der Waals surface area contributed by atoms with Gasteiger partial charge in [0.05, 0.1) is 6.10 Å². The number of aliphatic carboxylic acids is 1. The summed E-state index contributed by atoms with van der Waals surface area (Å²) >= 11 is 0. The highest BCUT2D eigenvalue weighted by molar-refractivity contribution is 5.85. The molecule has 2 rings (SSSR count). The lowest BCUT2D eigenvalue weighted by Gasteiger charge is -2.29. The Morgan fingerprint density at radius 1 is 1.44 bits per heavy atom. The van der Waals surface area contributed by atoms with Gasteiger partial charge in [-0.1, -0.05) is 29.8 Å². The highest BCUT2D eigenvalue weighted by Gasteiger charge is 2.34. The van der Waals surface area contributed by atoms with Crippen molar-refractivity contribution in [3.05, 3.63) is 35.4 Å². The summed E-state index contributed by atoms with van der Waals surface area (Å²) in [6.07, 6.45) is -0.0553. The minimum Gasteiger partial charge on any atom is -0.480 e. The lowest BCUT2D eigenvalue weighted by molar-refractivity contribution is -0.154. The summed E-state index contributed by atoms with van der Waals surface area (Å²) in [6, 6.07) is 6.83. The summed E-state index contributed by atoms with van der Waals surface area (Å²) in [7, 11) is 0. The van der Waals surface area contributed by atoms with Gasteiger partial charge in [-0.2, -0.15) is 0 Å². The summed E-state index contributed by atoms with van der Waals surface area (Å²) < 4.78 is 5.31. The zero-order valence-corrected chi connectivity index (χ0v) is 10.1. The van der Waals surface area contributed by atoms with E-state index >= 15 is 0 Å². The van der Waals surface area contributed by atoms with Gasteiger partial charge in [-0.3, -0.25) is 4.79 Å². The van der Waals surface area contributed by atoms with E-state index in [0.29, 0.717) is 6.42 Å². The molecule has 1 aromatic rings. The van der Waals surface area contributed by atoms with E-state index in [1.807, 2.05) is 31.2 Å². The van der Waals surface area contributed by atoms with E-state index in [4.69, 9.17) is 9.84 Å². The molecule has 0 aromatic heterocycles. The van der Waals surface area contributed by atoms with E-state index in [-0.39, 0.29) is 12.5 Å². The summed E-state index contributed by atoms with van der Waals surface area (Å²) in [5.41, 5.74) is 2.14. The van der Waals surface area contributed by atoms with Crippen molar-refractivity contribution in [2.45, 2.75) is 25.5 Å². The zero-order valence-electron chi connectivity index (χ0n) is 10.1. The number of carbonyl (C=O) groups excluding carboxylic acids is 1. The van der Waals surface area contributed by atoms with Gasteiger partial charge in [-0.25, -0.2) is 4.79 Å². The number of hydrogen-bond donors (Lipinski definition) is 2. The number of rotatable bonds is 3. The van der Waals surface area contributed by atoms with Crippen LogP contribution < -0.4 is 5.32 Å². The molecule has 0 aliphatic carbocycles. The van der Waals surface area contributed by atoms with Crippen LogP contribution in [0.2, 0.25) is 0 Å². The third-order valence-corrected chi connectivity index (χ3v) is 2.94. The average Bonchev–Trinajstić information content (AvgIpc) is 2.34. The van der Waals surface area contributed by atoms with Crippen molar-refractivity contribution >= 4 is 11.9 Å². The van der Waals surface area contributed by atoms with E-state index in [9.17, 15) is 9.59 Å². The zero-order chi connectivity index (χ0) is 13.1. The molecule has 1 fully saturated rings. The number of ether oxygens (including phenoxy) is 1. The molecule has 0 spiro atoms. The number of amides is 1. The maximum absolute atomic E-state index is 11.1. The first-order valence-electron chi connectivity index (χ1n) is 5.75. The van der Waals surface area contributed by atoms with Crippen LogP contribution in [0.5, 0.6) is 0 Å². The molecule has 2 N–H and O–H groups in total. The summed E-state index contributed by atoms with van der Waals surface area (Å²) in [4.78, 5) is 22.2. The molecule has 1 heterocycles. The molecule has 0 bridgehead atoms. The van der Waals surface area contributed by atoms with Crippen molar-refractivity contribution in [2.75, 3.05) is 6.61 Å². The SMILES string of the molecule is Cc1ccc(CC2OCC(=O)NC2C(=O)O)cc1. The Kier molecular flexibility index (Phi) is 3.62. The van der Waals surface area contributed by atoms with Crippen molar-refractivity contribution in [3.8, 4) is 0 Å². The topological polar surface area (TPSA) is 75.6 Å². The number of carboxylic acid groups (broad SMARTS) is 1. The predicted molar refractivity (Wildman–Crippen MR) is 64.2 cm³/mol. The Hall–Kier alpha value is -1.88. The van der Waals surface area contributed by atoms with E-state index in [0.717, 1.165) is 11.1 Å². The Labute approximate surface area is 105 Å². The van der Waals surface area contributed by atoms with Crippen LogP contribution in [0.15, 0.2) is 24.3 Å². The second-order valence-corrected chi connectivity index (χ2v) is 4.42. The molecule has 18 heavy (non-hydrogen) atoms. The van der Waals surface area contributed by atoms with Gasteiger partial charge in [0.15, 0.2) is 6.04 Å². The van der Waals surface area contributed by atoms with Crippen molar-refractivity contribution in [1.82, 2.24) is 5.32 Å². The number of nitrogens with one attached hydrogen (secondary N) is 1. The van der Waals surface area contributed by atoms with E-state index in [1.165, 1.54) is 0 Å². The summed E-state index contributed by atoms with van der Waals surface area (Å²) in [6.45, 7) is 1.90. The summed E-state index contributed by atoms with van der Waals surface area (Å²) in [5.74, 6) is -1.46. The molecule has 96 valence electrons. The smallest absolute Gasteiger partial charge is 0.328 e. The van der Waals surface area contributed by atoms with Crippen molar-refractivity contribution in [2.24, 2.45) is 0 Å². The minimum absolute atomic E-state index is 0.0830. The van der Waals surface area contributed by atoms with E-state index in [2.05, 4.69) is 5.32 Å². The third-order valence-electron chi connectivity index (χ3n) is 2.94. The molecule has 1 saturated heterocycles. The second-order valence-electron chi connectivity index (χ2n) is 4.42. The molecule has 1 aliphatic rings. The number of morpholine rings is 1. The number of benzene rings is 1. The first kappa shape index (κ1) is 12.6. The van der Waals surface area contributed by atoms with Crippen molar-refractivity contribution < 1.29 is 19.4 Å². The first-order chi connectivity index (χ1) is 8.56. The highest BCUT2D eigenvalue weighted by Crippen LogP contribution is 2.14. The maximum atomic E-state index is 11.1. The molecule has 5 heteroatoms. The minimum atomic E-state index is -1.07. The lowest BCUT2D eigenvalue weighted by Crippen LogP contribution is -2.56. The van der Waals surface area contributed by atoms with Gasteiger partial charge in [0.1, 0.15) is 6.61 Å². The number of aryl methyl sites for hydroxylation is 1. The second kappa shape index (κ2) is 5.18. The van der Waals surface area contributed by atoms with E-state index in [1.54, 1.807) is 0 Å². The number of hydrogen-bond acceptors (Lipinski definition) is 3. The molecule has 2 unspecified atom stereocenters. The molecule has 0 radical (unpaired) electrons. The lowest BCUT2D eigenvalue weighted by atomic mass is 10.00. The fourth-order valence-corrected chi connectivity index (χ4v) is 1.94. The van der Waals surface area contributed by atoms with Crippen LogP contribution >= 0.6 is 0 Å². The molecule has 1 aliphatic heterocycles. The molecule has 1 aromatic carbocycles. The van der Waals surface area contributed by atoms with Crippen LogP contribution in [-0.4, -0.2) is 35.7 Å². The molecule has 5 nitrogen and oxygen atoms in total. The van der Waals surface area contributed by atoms with Gasteiger partial charge in [-0.15, -0.1) is 0 Å². The van der Waals surface area contributed by atoms with Crippen LogP contribution in [0.25, 0.3) is 0 Å². The van der Waals surface area contributed by atoms with Gasteiger partial charge < -0.3 is 15.2 Å². The number of carbonyl (C=O) groups is 2. The first-order valence-corrected chi connectivity index (χ1v) is 5.75. The molecule has 0 saturated carbocycles. The normalized spacial score (nSPS) is 23.5. The van der Waals surface area contributed by atoms with Crippen LogP contribution in [0.1, 0.15) is 11.1 Å². The van der Waals surface area contributed by atoms with Gasteiger partial charge in [0, 0.05) is 6.42 Å². The van der Waals surface area contributed by atoms with Crippen LogP contribution in [0.4, 0.5) is 0 Å².